The Balaban J connectivity index is 1.47. The van der Waals surface area contributed by atoms with E-state index in [1.165, 1.54) is 17.0 Å². The first-order chi connectivity index (χ1) is 17.0. The minimum atomic E-state index is 0.00551. The molecule has 2 aliphatic rings. The molecular weight excluding hydrogens is 522 g/mol. The van der Waals surface area contributed by atoms with Gasteiger partial charge in [0.25, 0.3) is 0 Å². The Hall–Kier alpha value is -2.26. The Labute approximate surface area is 221 Å². The van der Waals surface area contributed by atoms with Crippen molar-refractivity contribution in [2.75, 3.05) is 39.4 Å². The molecule has 8 heteroatoms. The molecule has 2 atom stereocenters. The molecule has 1 N–H and O–H groups in total. The van der Waals surface area contributed by atoms with Crippen LogP contribution in [0.3, 0.4) is 0 Å². The molecule has 0 amide bonds. The van der Waals surface area contributed by atoms with E-state index in [0.717, 1.165) is 66.8 Å². The van der Waals surface area contributed by atoms with Crippen molar-refractivity contribution in [3.8, 4) is 5.69 Å². The molecule has 5 rings (SSSR count). The smallest absolute Gasteiger partial charge is 0.170 e. The maximum Gasteiger partial charge on any atom is 0.170 e. The molecule has 1 aromatic carbocycles. The quantitative estimate of drug-likeness (QED) is 0.418. The fourth-order valence-electron chi connectivity index (χ4n) is 5.35. The van der Waals surface area contributed by atoms with Crippen molar-refractivity contribution in [3.05, 3.63) is 81.8 Å². The molecular formula is C27H32BrN5OS. The zero-order chi connectivity index (χ0) is 24.4. The van der Waals surface area contributed by atoms with Gasteiger partial charge >= 0.3 is 0 Å². The van der Waals surface area contributed by atoms with Crippen LogP contribution in [0.15, 0.2) is 59.2 Å². The van der Waals surface area contributed by atoms with Gasteiger partial charge in [0.1, 0.15) is 0 Å². The average Bonchev–Trinajstić information content (AvgIpc) is 3.36. The predicted octanol–water partition coefficient (Wildman–Crippen LogP) is 4.95. The van der Waals surface area contributed by atoms with E-state index in [1.54, 1.807) is 0 Å². The van der Waals surface area contributed by atoms with Gasteiger partial charge in [0.05, 0.1) is 31.0 Å². The van der Waals surface area contributed by atoms with Gasteiger partial charge < -0.3 is 19.5 Å². The number of hydrogen-bond acceptors (Lipinski definition) is 4. The van der Waals surface area contributed by atoms with Crippen molar-refractivity contribution in [2.24, 2.45) is 0 Å². The highest BCUT2D eigenvalue weighted by Gasteiger charge is 2.41. The molecule has 0 spiro atoms. The van der Waals surface area contributed by atoms with Crippen LogP contribution >= 0.6 is 28.1 Å². The van der Waals surface area contributed by atoms with E-state index in [2.05, 4.69) is 91.9 Å². The van der Waals surface area contributed by atoms with Crippen LogP contribution in [-0.2, 0) is 4.74 Å². The maximum absolute atomic E-state index is 5.90. The van der Waals surface area contributed by atoms with Crippen LogP contribution in [0.2, 0.25) is 0 Å². The highest BCUT2D eigenvalue weighted by Crippen LogP contribution is 2.41. The fraction of sp³-hybridized carbons (Fsp3) is 0.407. The topological polar surface area (TPSA) is 45.6 Å². The second kappa shape index (κ2) is 10.8. The number of hydrogen-bond donors (Lipinski definition) is 1. The zero-order valence-corrected chi connectivity index (χ0v) is 22.7. The summed E-state index contributed by atoms with van der Waals surface area (Å²) in [5, 5.41) is 4.41. The molecule has 2 aromatic heterocycles. The molecule has 0 bridgehead atoms. The third kappa shape index (κ3) is 5.16. The van der Waals surface area contributed by atoms with E-state index >= 15 is 0 Å². The van der Waals surface area contributed by atoms with Crippen molar-refractivity contribution >= 4 is 33.3 Å². The van der Waals surface area contributed by atoms with E-state index in [1.807, 2.05) is 12.3 Å². The van der Waals surface area contributed by atoms with Crippen molar-refractivity contribution in [1.82, 2.24) is 24.7 Å². The van der Waals surface area contributed by atoms with E-state index < -0.39 is 0 Å². The van der Waals surface area contributed by atoms with E-state index in [-0.39, 0.29) is 12.1 Å². The SMILES string of the molecule is Cc1cc([C@@H]2[C@H](c3ccccn3)NC(=S)N2CCCN2CCOCC2)c(C)n1-c1ccc(Br)cc1. The van der Waals surface area contributed by atoms with Crippen LogP contribution in [-0.4, -0.2) is 63.9 Å². The number of halogens is 1. The van der Waals surface area contributed by atoms with Gasteiger partial charge in [-0.2, -0.15) is 0 Å². The summed E-state index contributed by atoms with van der Waals surface area (Å²) in [6, 6.07) is 17.0. The van der Waals surface area contributed by atoms with Gasteiger partial charge in [0, 0.05) is 53.9 Å². The second-order valence-electron chi connectivity index (χ2n) is 9.27. The number of ether oxygens (including phenoxy) is 1. The van der Waals surface area contributed by atoms with E-state index in [0.29, 0.717) is 0 Å². The highest BCUT2D eigenvalue weighted by atomic mass is 79.9. The van der Waals surface area contributed by atoms with Crippen molar-refractivity contribution < 1.29 is 4.74 Å². The number of benzene rings is 1. The number of pyridine rings is 1. The molecule has 0 aliphatic carbocycles. The molecule has 4 heterocycles. The van der Waals surface area contributed by atoms with E-state index in [4.69, 9.17) is 21.9 Å². The fourth-order valence-corrected chi connectivity index (χ4v) is 5.94. The molecule has 6 nitrogen and oxygen atoms in total. The third-order valence-corrected chi connectivity index (χ3v) is 7.93. The summed E-state index contributed by atoms with van der Waals surface area (Å²) in [5.74, 6) is 0. The maximum atomic E-state index is 5.90. The molecule has 2 fully saturated rings. The Bertz CT molecular complexity index is 1160. The summed E-state index contributed by atoms with van der Waals surface area (Å²) in [5.41, 5.74) is 5.92. The van der Waals surface area contributed by atoms with Crippen molar-refractivity contribution in [3.63, 3.8) is 0 Å². The van der Waals surface area contributed by atoms with Gasteiger partial charge in [-0.3, -0.25) is 9.88 Å². The molecule has 2 saturated heterocycles. The largest absolute Gasteiger partial charge is 0.379 e. The van der Waals surface area contributed by atoms with Crippen LogP contribution in [0.25, 0.3) is 5.69 Å². The first-order valence-electron chi connectivity index (χ1n) is 12.3. The Morgan fingerprint density at radius 2 is 1.86 bits per heavy atom. The highest BCUT2D eigenvalue weighted by molar-refractivity contribution is 9.10. The van der Waals surface area contributed by atoms with Gasteiger partial charge in [-0.15, -0.1) is 0 Å². The van der Waals surface area contributed by atoms with Crippen LogP contribution < -0.4 is 5.32 Å². The Morgan fingerprint density at radius 1 is 1.09 bits per heavy atom. The van der Waals surface area contributed by atoms with Gasteiger partial charge in [0.15, 0.2) is 5.11 Å². The Morgan fingerprint density at radius 3 is 2.57 bits per heavy atom. The van der Waals surface area contributed by atoms with Crippen molar-refractivity contribution in [1.29, 1.82) is 0 Å². The standard InChI is InChI=1S/C27H32BrN5OS/c1-19-18-23(20(2)33(19)22-9-7-21(28)8-10-22)26-25(24-6-3-4-11-29-24)30-27(35)32(26)13-5-12-31-14-16-34-17-15-31/h3-4,6-11,18,25-26H,5,12-17H2,1-2H3,(H,30,35)/t25-,26+/m0/s1. The lowest BCUT2D eigenvalue weighted by Crippen LogP contribution is -2.39. The minimum absolute atomic E-state index is 0.00551. The first kappa shape index (κ1) is 24.4. The van der Waals surface area contributed by atoms with Crippen LogP contribution in [0.1, 0.15) is 41.1 Å². The summed E-state index contributed by atoms with van der Waals surface area (Å²) in [7, 11) is 0. The molecule has 0 saturated carbocycles. The lowest BCUT2D eigenvalue weighted by Gasteiger charge is -2.30. The number of aromatic nitrogens is 2. The first-order valence-corrected chi connectivity index (χ1v) is 13.5. The number of nitrogens with zero attached hydrogens (tertiary/aromatic N) is 4. The van der Waals surface area contributed by atoms with Crippen LogP contribution in [0.4, 0.5) is 0 Å². The van der Waals surface area contributed by atoms with Gasteiger partial charge in [0.2, 0.25) is 0 Å². The summed E-state index contributed by atoms with van der Waals surface area (Å²) < 4.78 is 8.93. The molecule has 0 unspecified atom stereocenters. The number of thiocarbonyl (C=S) groups is 1. The predicted molar refractivity (Wildman–Crippen MR) is 147 cm³/mol. The molecule has 2 aliphatic heterocycles. The Kier molecular flexibility index (Phi) is 7.53. The second-order valence-corrected chi connectivity index (χ2v) is 10.6. The zero-order valence-electron chi connectivity index (χ0n) is 20.3. The van der Waals surface area contributed by atoms with Gasteiger partial charge in [-0.1, -0.05) is 22.0 Å². The molecule has 0 radical (unpaired) electrons. The monoisotopic (exact) mass is 553 g/mol. The number of nitrogens with one attached hydrogen (secondary N) is 1. The summed E-state index contributed by atoms with van der Waals surface area (Å²) >= 11 is 9.46. The number of rotatable bonds is 7. The lowest BCUT2D eigenvalue weighted by molar-refractivity contribution is 0.0365. The molecule has 184 valence electrons. The number of morpholine rings is 1. The normalized spacial score (nSPS) is 20.9. The summed E-state index contributed by atoms with van der Waals surface area (Å²) in [4.78, 5) is 9.57. The van der Waals surface area contributed by atoms with Gasteiger partial charge in [-0.05, 0) is 80.5 Å². The van der Waals surface area contributed by atoms with E-state index in [9.17, 15) is 0 Å². The third-order valence-electron chi connectivity index (χ3n) is 7.05. The molecule has 35 heavy (non-hydrogen) atoms. The minimum Gasteiger partial charge on any atom is -0.379 e. The summed E-state index contributed by atoms with van der Waals surface area (Å²) in [6.45, 7) is 10.0. The lowest BCUT2D eigenvalue weighted by atomic mass is 9.96. The van der Waals surface area contributed by atoms with Crippen LogP contribution in [0.5, 0.6) is 0 Å². The summed E-state index contributed by atoms with van der Waals surface area (Å²) in [6.07, 6.45) is 2.92. The molecule has 3 aromatic rings. The van der Waals surface area contributed by atoms with Crippen LogP contribution in [0, 0.1) is 13.8 Å². The average molecular weight is 555 g/mol. The van der Waals surface area contributed by atoms with Gasteiger partial charge in [-0.25, -0.2) is 0 Å². The van der Waals surface area contributed by atoms with Crippen molar-refractivity contribution in [2.45, 2.75) is 32.4 Å². The number of aryl methyl sites for hydroxylation is 1.